The Labute approximate surface area is 236 Å². The Morgan fingerprint density at radius 3 is 2.70 bits per heavy atom. The first-order valence-corrected chi connectivity index (χ1v) is 14.5. The van der Waals surface area contributed by atoms with Gasteiger partial charge in [0.25, 0.3) is 5.91 Å². The van der Waals surface area contributed by atoms with Crippen molar-refractivity contribution >= 4 is 35.0 Å². The smallest absolute Gasteiger partial charge is 0.251 e. The van der Waals surface area contributed by atoms with Gasteiger partial charge in [0.2, 0.25) is 11.9 Å². The number of allylic oxidation sites excluding steroid dienone is 1. The quantitative estimate of drug-likeness (QED) is 0.425. The van der Waals surface area contributed by atoms with E-state index < -0.39 is 0 Å². The molecule has 10 nitrogen and oxygen atoms in total. The van der Waals surface area contributed by atoms with Gasteiger partial charge < -0.3 is 30.5 Å². The lowest BCUT2D eigenvalue weighted by molar-refractivity contribution is -0.121. The fraction of sp³-hybridized carbons (Fsp3) is 0.533. The molecule has 1 unspecified atom stereocenters. The number of ether oxygens (including phenoxy) is 1. The van der Waals surface area contributed by atoms with Gasteiger partial charge in [0.15, 0.2) is 5.82 Å². The van der Waals surface area contributed by atoms with Crippen LogP contribution in [0.1, 0.15) is 61.7 Å². The summed E-state index contributed by atoms with van der Waals surface area (Å²) in [7, 11) is 3.38. The van der Waals surface area contributed by atoms with E-state index in [1.54, 1.807) is 37.4 Å². The minimum atomic E-state index is -0.182. The second-order valence-corrected chi connectivity index (χ2v) is 11.0. The van der Waals surface area contributed by atoms with Gasteiger partial charge in [-0.2, -0.15) is 4.98 Å². The number of methoxy groups -OCH3 is 1. The minimum absolute atomic E-state index is 0.0591. The average molecular weight is 548 g/mol. The fourth-order valence-corrected chi connectivity index (χ4v) is 6.05. The highest BCUT2D eigenvalue weighted by atomic mass is 16.5. The molecule has 2 aromatic rings. The van der Waals surface area contributed by atoms with Crippen molar-refractivity contribution in [2.45, 2.75) is 63.5 Å². The van der Waals surface area contributed by atoms with Crippen LogP contribution in [-0.2, 0) is 4.79 Å². The monoisotopic (exact) mass is 547 g/mol. The van der Waals surface area contributed by atoms with Gasteiger partial charge in [-0.3, -0.25) is 9.59 Å². The number of nitrogens with one attached hydrogen (secondary N) is 3. The van der Waals surface area contributed by atoms with E-state index in [1.165, 1.54) is 19.3 Å². The zero-order valence-corrected chi connectivity index (χ0v) is 23.6. The van der Waals surface area contributed by atoms with Gasteiger partial charge in [-0.25, -0.2) is 4.98 Å². The van der Waals surface area contributed by atoms with E-state index in [0.29, 0.717) is 47.6 Å². The zero-order valence-electron chi connectivity index (χ0n) is 23.6. The Morgan fingerprint density at radius 1 is 1.20 bits per heavy atom. The maximum absolute atomic E-state index is 13.3. The highest BCUT2D eigenvalue weighted by Crippen LogP contribution is 2.38. The second-order valence-electron chi connectivity index (χ2n) is 11.0. The molecule has 1 saturated carbocycles. The maximum atomic E-state index is 13.3. The molecule has 0 bridgehead atoms. The van der Waals surface area contributed by atoms with Gasteiger partial charge in [0, 0.05) is 31.2 Å². The Bertz CT molecular complexity index is 1220. The summed E-state index contributed by atoms with van der Waals surface area (Å²) in [5.41, 5.74) is 1.91. The Morgan fingerprint density at radius 2 is 1.98 bits per heavy atom. The molecular weight excluding hydrogens is 506 g/mol. The number of hydrogen-bond acceptors (Lipinski definition) is 8. The van der Waals surface area contributed by atoms with Crippen LogP contribution >= 0.6 is 0 Å². The van der Waals surface area contributed by atoms with E-state index in [9.17, 15) is 9.59 Å². The molecule has 1 atom stereocenters. The Kier molecular flexibility index (Phi) is 8.84. The number of benzene rings is 1. The van der Waals surface area contributed by atoms with Gasteiger partial charge in [0.05, 0.1) is 24.9 Å². The lowest BCUT2D eigenvalue weighted by Crippen LogP contribution is -2.42. The molecule has 2 aliphatic heterocycles. The third kappa shape index (κ3) is 6.06. The topological polar surface area (TPSA) is 112 Å². The van der Waals surface area contributed by atoms with Crippen LogP contribution < -0.4 is 30.5 Å². The van der Waals surface area contributed by atoms with Crippen LogP contribution in [0.2, 0.25) is 0 Å². The van der Waals surface area contributed by atoms with E-state index in [0.717, 1.165) is 44.6 Å². The molecule has 2 fully saturated rings. The van der Waals surface area contributed by atoms with E-state index >= 15 is 0 Å². The number of aromatic nitrogens is 2. The van der Waals surface area contributed by atoms with Crippen LogP contribution in [0, 0.1) is 5.92 Å². The summed E-state index contributed by atoms with van der Waals surface area (Å²) in [6, 6.07) is 5.84. The second kappa shape index (κ2) is 12.7. The predicted molar refractivity (Wildman–Crippen MR) is 158 cm³/mol. The van der Waals surface area contributed by atoms with Crippen molar-refractivity contribution in [3.8, 4) is 5.75 Å². The average Bonchev–Trinajstić information content (AvgIpc) is 3.09. The summed E-state index contributed by atoms with van der Waals surface area (Å²) in [6.07, 6.45) is 11.8. The van der Waals surface area contributed by atoms with Crippen molar-refractivity contribution in [3.05, 3.63) is 42.6 Å². The first kappa shape index (κ1) is 27.9. The maximum Gasteiger partial charge on any atom is 0.251 e. The Balaban J connectivity index is 1.41. The van der Waals surface area contributed by atoms with Crippen molar-refractivity contribution in [3.63, 3.8) is 0 Å². The molecule has 0 spiro atoms. The molecule has 3 heterocycles. The molecule has 10 heteroatoms. The van der Waals surface area contributed by atoms with E-state index in [2.05, 4.69) is 32.4 Å². The highest BCUT2D eigenvalue weighted by molar-refractivity contribution is 5.99. The van der Waals surface area contributed by atoms with Crippen molar-refractivity contribution in [2.24, 2.45) is 5.92 Å². The van der Waals surface area contributed by atoms with Crippen LogP contribution in [0.5, 0.6) is 5.75 Å². The summed E-state index contributed by atoms with van der Waals surface area (Å²) in [5.74, 6) is 1.47. The summed E-state index contributed by atoms with van der Waals surface area (Å²) < 4.78 is 5.64. The molecule has 2 amide bonds. The first-order chi connectivity index (χ1) is 19.5. The number of piperidine rings is 1. The number of carbonyl (C=O) groups is 2. The van der Waals surface area contributed by atoms with Gasteiger partial charge >= 0.3 is 0 Å². The highest BCUT2D eigenvalue weighted by Gasteiger charge is 2.36. The number of amides is 2. The molecule has 5 rings (SSSR count). The number of nitrogens with zero attached hydrogens (tertiary/aromatic N) is 4. The minimum Gasteiger partial charge on any atom is -0.495 e. The molecular formula is C30H41N7O3. The molecule has 1 aromatic carbocycles. The van der Waals surface area contributed by atoms with Gasteiger partial charge in [-0.15, -0.1) is 6.58 Å². The molecule has 214 valence electrons. The summed E-state index contributed by atoms with van der Waals surface area (Å²) in [5, 5.41) is 9.74. The molecule has 40 heavy (non-hydrogen) atoms. The lowest BCUT2D eigenvalue weighted by Gasteiger charge is -2.36. The third-order valence-electron chi connectivity index (χ3n) is 8.33. The molecule has 3 aliphatic rings. The Hall–Kier alpha value is -3.66. The van der Waals surface area contributed by atoms with Gasteiger partial charge in [0.1, 0.15) is 11.4 Å². The summed E-state index contributed by atoms with van der Waals surface area (Å²) in [6.45, 7) is 6.32. The van der Waals surface area contributed by atoms with Crippen LogP contribution in [0.4, 0.5) is 23.1 Å². The number of anilines is 4. The SMILES string of the molecule is C=CCC1CN(C2CCCCC2)c2nc(Nc3ccc(C(=O)NC4CCNCC4)cc3OC)ncc2N(C)C1=O. The number of fused-ring (bicyclic) bond motifs is 1. The first-order valence-electron chi connectivity index (χ1n) is 14.5. The number of carbonyl (C=O) groups excluding carboxylic acids is 2. The van der Waals surface area contributed by atoms with E-state index in [4.69, 9.17) is 9.72 Å². The largest absolute Gasteiger partial charge is 0.495 e. The number of hydrogen-bond donors (Lipinski definition) is 3. The lowest BCUT2D eigenvalue weighted by atomic mass is 9.93. The van der Waals surface area contributed by atoms with Crippen molar-refractivity contribution in [1.29, 1.82) is 0 Å². The molecule has 3 N–H and O–H groups in total. The van der Waals surface area contributed by atoms with Crippen LogP contribution in [-0.4, -0.2) is 67.7 Å². The third-order valence-corrected chi connectivity index (χ3v) is 8.33. The van der Waals surface area contributed by atoms with Crippen molar-refractivity contribution in [1.82, 2.24) is 20.6 Å². The zero-order chi connectivity index (χ0) is 28.1. The van der Waals surface area contributed by atoms with E-state index in [-0.39, 0.29) is 23.8 Å². The molecule has 0 radical (unpaired) electrons. The molecule has 1 aliphatic carbocycles. The normalized spacial score (nSPS) is 20.4. The fourth-order valence-electron chi connectivity index (χ4n) is 6.05. The summed E-state index contributed by atoms with van der Waals surface area (Å²) >= 11 is 0. The van der Waals surface area contributed by atoms with Gasteiger partial charge in [-0.05, 0) is 63.4 Å². The van der Waals surface area contributed by atoms with Crippen LogP contribution in [0.3, 0.4) is 0 Å². The number of rotatable bonds is 8. The van der Waals surface area contributed by atoms with Crippen LogP contribution in [0.15, 0.2) is 37.1 Å². The van der Waals surface area contributed by atoms with E-state index in [1.807, 2.05) is 12.1 Å². The van der Waals surface area contributed by atoms with Crippen LogP contribution in [0.25, 0.3) is 0 Å². The molecule has 1 aromatic heterocycles. The molecule has 1 saturated heterocycles. The summed E-state index contributed by atoms with van der Waals surface area (Å²) in [4.78, 5) is 39.7. The standard InChI is InChI=1S/C30H41N7O3/c1-4-8-21-19-37(23-9-6-5-7-10-23)27-25(36(2)29(21)39)18-32-30(35-27)34-24-12-11-20(17-26(24)40-3)28(38)33-22-13-15-31-16-14-22/h4,11-12,17-18,21-23,31H,1,5-10,13-16,19H2,2-3H3,(H,33,38)(H,32,34,35). The van der Waals surface area contributed by atoms with Crippen molar-refractivity contribution in [2.75, 3.05) is 48.9 Å². The predicted octanol–water partition coefficient (Wildman–Crippen LogP) is 4.02. The van der Waals surface area contributed by atoms with Gasteiger partial charge in [-0.1, -0.05) is 25.3 Å². The van der Waals surface area contributed by atoms with Crippen molar-refractivity contribution < 1.29 is 14.3 Å².